The monoisotopic (exact) mass is 426 g/mol. The minimum absolute atomic E-state index is 0.149. The highest BCUT2D eigenvalue weighted by atomic mass is 16.6. The molecule has 1 amide bonds. The van der Waals surface area contributed by atoms with Gasteiger partial charge in [-0.3, -0.25) is 4.79 Å². The number of pyridine rings is 2. The zero-order valence-electron chi connectivity index (χ0n) is 17.1. The van der Waals surface area contributed by atoms with Crippen LogP contribution in [0.25, 0.3) is 22.0 Å². The van der Waals surface area contributed by atoms with Crippen LogP contribution in [0.4, 0.5) is 4.79 Å². The zero-order chi connectivity index (χ0) is 22.7. The van der Waals surface area contributed by atoms with Crippen LogP contribution in [0.15, 0.2) is 71.5 Å². The molecule has 4 aromatic rings. The van der Waals surface area contributed by atoms with E-state index in [1.165, 1.54) is 17.7 Å². The molecule has 32 heavy (non-hydrogen) atoms. The number of hydrogen-bond donors (Lipinski definition) is 2. The summed E-state index contributed by atoms with van der Waals surface area (Å²) in [5, 5.41) is 23.1. The third kappa shape index (κ3) is 3.75. The number of carbonyl (C=O) groups excluding carboxylic acids is 1. The normalized spacial score (nSPS) is 10.5. The van der Waals surface area contributed by atoms with E-state index in [9.17, 15) is 20.0 Å². The number of fused-ring (bicyclic) bond motifs is 1. The van der Waals surface area contributed by atoms with E-state index in [4.69, 9.17) is 4.74 Å². The maximum Gasteiger partial charge on any atom is 0.413 e. The van der Waals surface area contributed by atoms with E-state index < -0.39 is 17.7 Å². The standard InChI is InChI=1S/C24H18N4O4/c1-26-24(31)32-22-21(29)18-12-17(16-10-6-3-7-11-16)23(30)28(20(18)19(13-25)27-22)14-15-8-4-2-5-9-15/h2-12,29H,14H2,1H3,(H,26,31). The van der Waals surface area contributed by atoms with Gasteiger partial charge in [0.1, 0.15) is 6.07 Å². The van der Waals surface area contributed by atoms with Crippen LogP contribution < -0.4 is 15.6 Å². The van der Waals surface area contributed by atoms with Crippen LogP contribution in [-0.2, 0) is 6.54 Å². The minimum atomic E-state index is -0.850. The molecule has 2 heterocycles. The van der Waals surface area contributed by atoms with E-state index in [1.807, 2.05) is 42.5 Å². The van der Waals surface area contributed by atoms with Crippen LogP contribution in [0.3, 0.4) is 0 Å². The van der Waals surface area contributed by atoms with Gasteiger partial charge in [0.15, 0.2) is 11.4 Å². The number of aromatic hydroxyl groups is 1. The molecule has 0 aliphatic carbocycles. The fourth-order valence-electron chi connectivity index (χ4n) is 3.45. The number of nitrogens with zero attached hydrogens (tertiary/aromatic N) is 3. The molecule has 0 saturated heterocycles. The Hall–Kier alpha value is -4.64. The van der Waals surface area contributed by atoms with Gasteiger partial charge in [0.2, 0.25) is 0 Å². The quantitative estimate of drug-likeness (QED) is 0.516. The van der Waals surface area contributed by atoms with Gasteiger partial charge in [-0.05, 0) is 17.2 Å². The third-order valence-electron chi connectivity index (χ3n) is 4.95. The number of rotatable bonds is 4. The van der Waals surface area contributed by atoms with Crippen LogP contribution in [0.5, 0.6) is 11.6 Å². The second kappa shape index (κ2) is 8.62. The molecule has 8 nitrogen and oxygen atoms in total. The first-order valence-electron chi connectivity index (χ1n) is 9.73. The molecule has 0 aliphatic heterocycles. The molecule has 2 aromatic carbocycles. The summed E-state index contributed by atoms with van der Waals surface area (Å²) in [4.78, 5) is 29.2. The Bertz CT molecular complexity index is 1410. The Morgan fingerprint density at radius 1 is 1.16 bits per heavy atom. The average molecular weight is 426 g/mol. The Morgan fingerprint density at radius 2 is 1.81 bits per heavy atom. The van der Waals surface area contributed by atoms with Gasteiger partial charge in [-0.15, -0.1) is 0 Å². The molecule has 0 atom stereocenters. The molecule has 2 aromatic heterocycles. The van der Waals surface area contributed by atoms with Gasteiger partial charge in [-0.25, -0.2) is 4.79 Å². The molecule has 0 aliphatic rings. The molecule has 0 fully saturated rings. The van der Waals surface area contributed by atoms with Crippen molar-refractivity contribution in [2.45, 2.75) is 6.54 Å². The average Bonchev–Trinajstić information content (AvgIpc) is 2.83. The van der Waals surface area contributed by atoms with E-state index >= 15 is 0 Å². The SMILES string of the molecule is CNC(=O)Oc1nc(C#N)c2c(cc(-c3ccccc3)c(=O)n2Cc2ccccc2)c1O. The van der Waals surface area contributed by atoms with Gasteiger partial charge >= 0.3 is 6.09 Å². The maximum absolute atomic E-state index is 13.5. The largest absolute Gasteiger partial charge is 0.503 e. The van der Waals surface area contributed by atoms with Crippen molar-refractivity contribution in [3.05, 3.63) is 88.3 Å². The summed E-state index contributed by atoms with van der Waals surface area (Å²) in [6.07, 6.45) is -0.850. The van der Waals surface area contributed by atoms with E-state index in [0.717, 1.165) is 5.56 Å². The molecule has 0 bridgehead atoms. The topological polar surface area (TPSA) is 117 Å². The molecule has 0 spiro atoms. The minimum Gasteiger partial charge on any atom is -0.503 e. The van der Waals surface area contributed by atoms with Crippen LogP contribution in [-0.4, -0.2) is 27.8 Å². The Kier molecular flexibility index (Phi) is 5.55. The van der Waals surface area contributed by atoms with Crippen molar-refractivity contribution in [3.8, 4) is 28.8 Å². The Balaban J connectivity index is 2.07. The number of ether oxygens (including phenoxy) is 1. The van der Waals surface area contributed by atoms with Crippen LogP contribution in [0.1, 0.15) is 11.3 Å². The van der Waals surface area contributed by atoms with Gasteiger partial charge in [0, 0.05) is 18.0 Å². The van der Waals surface area contributed by atoms with Gasteiger partial charge in [0.05, 0.1) is 12.1 Å². The van der Waals surface area contributed by atoms with E-state index in [0.29, 0.717) is 11.1 Å². The van der Waals surface area contributed by atoms with Gasteiger partial charge in [0.25, 0.3) is 11.4 Å². The first-order valence-corrected chi connectivity index (χ1v) is 9.73. The van der Waals surface area contributed by atoms with Crippen LogP contribution in [0, 0.1) is 11.3 Å². The molecular formula is C24H18N4O4. The highest BCUT2D eigenvalue weighted by molar-refractivity contribution is 5.94. The molecule has 0 unspecified atom stereocenters. The summed E-state index contributed by atoms with van der Waals surface area (Å²) in [6, 6.07) is 21.7. The summed E-state index contributed by atoms with van der Waals surface area (Å²) in [5.74, 6) is -0.862. The lowest BCUT2D eigenvalue weighted by Gasteiger charge is -2.16. The van der Waals surface area contributed by atoms with Gasteiger partial charge in [-0.2, -0.15) is 10.2 Å². The zero-order valence-corrected chi connectivity index (χ0v) is 17.1. The van der Waals surface area contributed by atoms with Crippen molar-refractivity contribution in [2.24, 2.45) is 0 Å². The number of carbonyl (C=O) groups is 1. The molecule has 0 radical (unpaired) electrons. The first kappa shape index (κ1) is 20.6. The molecule has 4 rings (SSSR count). The molecule has 2 N–H and O–H groups in total. The second-order valence-corrected chi connectivity index (χ2v) is 6.93. The number of aromatic nitrogens is 2. The van der Waals surface area contributed by atoms with Crippen molar-refractivity contribution in [1.29, 1.82) is 5.26 Å². The summed E-state index contributed by atoms with van der Waals surface area (Å²) in [6.45, 7) is 0.155. The smallest absolute Gasteiger partial charge is 0.413 e. The number of nitrogens with one attached hydrogen (secondary N) is 1. The number of nitriles is 1. The summed E-state index contributed by atoms with van der Waals surface area (Å²) in [7, 11) is 1.36. The lowest BCUT2D eigenvalue weighted by atomic mass is 10.0. The number of hydrogen-bond acceptors (Lipinski definition) is 6. The lowest BCUT2D eigenvalue weighted by molar-refractivity contribution is 0.199. The highest BCUT2D eigenvalue weighted by Crippen LogP contribution is 2.36. The van der Waals surface area contributed by atoms with Gasteiger partial charge in [-0.1, -0.05) is 60.7 Å². The van der Waals surface area contributed by atoms with Crippen LogP contribution in [0.2, 0.25) is 0 Å². The third-order valence-corrected chi connectivity index (χ3v) is 4.95. The summed E-state index contributed by atoms with van der Waals surface area (Å²) >= 11 is 0. The van der Waals surface area contributed by atoms with Crippen molar-refractivity contribution in [3.63, 3.8) is 0 Å². The number of benzene rings is 2. The Morgan fingerprint density at radius 3 is 2.44 bits per heavy atom. The fraction of sp³-hybridized carbons (Fsp3) is 0.0833. The summed E-state index contributed by atoms with van der Waals surface area (Å²) < 4.78 is 6.43. The van der Waals surface area contributed by atoms with Crippen LogP contribution >= 0.6 is 0 Å². The lowest BCUT2D eigenvalue weighted by Crippen LogP contribution is -2.25. The van der Waals surface area contributed by atoms with Crippen molar-refractivity contribution in [1.82, 2.24) is 14.9 Å². The predicted molar refractivity (Wildman–Crippen MR) is 118 cm³/mol. The number of amides is 1. The highest BCUT2D eigenvalue weighted by Gasteiger charge is 2.22. The van der Waals surface area contributed by atoms with E-state index in [2.05, 4.69) is 10.3 Å². The molecule has 158 valence electrons. The first-order chi connectivity index (χ1) is 15.5. The summed E-state index contributed by atoms with van der Waals surface area (Å²) in [5.41, 5.74) is 1.46. The fourth-order valence-corrected chi connectivity index (χ4v) is 3.45. The van der Waals surface area contributed by atoms with Crippen molar-refractivity contribution in [2.75, 3.05) is 7.05 Å². The van der Waals surface area contributed by atoms with E-state index in [1.54, 1.807) is 24.3 Å². The molecule has 0 saturated carbocycles. The Labute approximate surface area is 183 Å². The maximum atomic E-state index is 13.5. The second-order valence-electron chi connectivity index (χ2n) is 6.93. The van der Waals surface area contributed by atoms with Crippen molar-refractivity contribution >= 4 is 17.0 Å². The van der Waals surface area contributed by atoms with Gasteiger partial charge < -0.3 is 19.7 Å². The predicted octanol–water partition coefficient (Wildman–Crippen LogP) is 3.41. The van der Waals surface area contributed by atoms with Crippen molar-refractivity contribution < 1.29 is 14.6 Å². The molecular weight excluding hydrogens is 408 g/mol. The molecule has 8 heteroatoms. The van der Waals surface area contributed by atoms with E-state index in [-0.39, 0.29) is 28.7 Å².